The van der Waals surface area contributed by atoms with Gasteiger partial charge in [-0.25, -0.2) is 18.4 Å². The van der Waals surface area contributed by atoms with Crippen LogP contribution in [0.4, 0.5) is 5.69 Å². The van der Waals surface area contributed by atoms with Crippen LogP contribution in [0.25, 0.3) is 11.0 Å². The van der Waals surface area contributed by atoms with Crippen molar-refractivity contribution < 1.29 is 22.4 Å². The number of hydrogen-bond acceptors (Lipinski definition) is 6. The Balaban J connectivity index is 1.90. The quantitative estimate of drug-likeness (QED) is 0.669. The number of benzene rings is 2. The third-order valence-corrected chi connectivity index (χ3v) is 4.56. The molecule has 0 aliphatic rings. The van der Waals surface area contributed by atoms with Gasteiger partial charge in [0.2, 0.25) is 10.0 Å². The molecule has 0 fully saturated rings. The lowest BCUT2D eigenvalue weighted by Gasteiger charge is -2.07. The summed E-state index contributed by atoms with van der Waals surface area (Å²) in [4.78, 5) is 24.3. The first-order chi connectivity index (χ1) is 12.3. The van der Waals surface area contributed by atoms with E-state index in [0.717, 1.165) is 0 Å². The number of rotatable bonds is 4. The standard InChI is InChI=1S/C17H14N2O6S/c1-24-12-5-2-10-8-14(17(21)25-15(10)9-12)16(20)19-11-3-6-13(7-4-11)26(18,22)23/h2-9H,1H3,(H,19,20)(H2,18,22,23). The average molecular weight is 374 g/mol. The number of anilines is 1. The normalized spacial score (nSPS) is 11.3. The van der Waals surface area contributed by atoms with E-state index in [9.17, 15) is 18.0 Å². The Labute approximate surface area is 148 Å². The lowest BCUT2D eigenvalue weighted by Crippen LogP contribution is -2.20. The van der Waals surface area contributed by atoms with Gasteiger partial charge in [-0.15, -0.1) is 0 Å². The van der Waals surface area contributed by atoms with Gasteiger partial charge in [-0.3, -0.25) is 4.79 Å². The third kappa shape index (κ3) is 3.58. The summed E-state index contributed by atoms with van der Waals surface area (Å²) in [7, 11) is -2.34. The van der Waals surface area contributed by atoms with Gasteiger partial charge in [0, 0.05) is 17.1 Å². The van der Waals surface area contributed by atoms with E-state index in [2.05, 4.69) is 5.32 Å². The predicted octanol–water partition coefficient (Wildman–Crippen LogP) is 1.70. The molecule has 26 heavy (non-hydrogen) atoms. The van der Waals surface area contributed by atoms with Gasteiger partial charge in [0.05, 0.1) is 12.0 Å². The maximum absolute atomic E-state index is 12.3. The van der Waals surface area contributed by atoms with Crippen molar-refractivity contribution >= 4 is 32.6 Å². The molecule has 1 heterocycles. The minimum atomic E-state index is -3.82. The predicted molar refractivity (Wildman–Crippen MR) is 94.8 cm³/mol. The molecular weight excluding hydrogens is 360 g/mol. The Morgan fingerprint density at radius 1 is 1.12 bits per heavy atom. The highest BCUT2D eigenvalue weighted by molar-refractivity contribution is 7.89. The average Bonchev–Trinajstić information content (AvgIpc) is 2.60. The van der Waals surface area contributed by atoms with Crippen LogP contribution in [0.3, 0.4) is 0 Å². The Morgan fingerprint density at radius 3 is 2.42 bits per heavy atom. The number of carbonyl (C=O) groups excluding carboxylic acids is 1. The van der Waals surface area contributed by atoms with Crippen molar-refractivity contribution in [1.82, 2.24) is 0 Å². The number of ether oxygens (including phenoxy) is 1. The van der Waals surface area contributed by atoms with Crippen LogP contribution >= 0.6 is 0 Å². The van der Waals surface area contributed by atoms with Crippen LogP contribution in [-0.2, 0) is 10.0 Å². The number of sulfonamides is 1. The lowest BCUT2D eigenvalue weighted by molar-refractivity contribution is 0.102. The van der Waals surface area contributed by atoms with Gasteiger partial charge in [0.1, 0.15) is 16.9 Å². The smallest absolute Gasteiger partial charge is 0.349 e. The molecule has 0 bridgehead atoms. The zero-order chi connectivity index (χ0) is 18.9. The van der Waals surface area contributed by atoms with E-state index in [1.807, 2.05) is 0 Å². The van der Waals surface area contributed by atoms with Gasteiger partial charge in [-0.2, -0.15) is 0 Å². The molecule has 134 valence electrons. The molecule has 3 aromatic rings. The summed E-state index contributed by atoms with van der Waals surface area (Å²) in [6.45, 7) is 0. The minimum absolute atomic E-state index is 0.0883. The number of amides is 1. The van der Waals surface area contributed by atoms with Gasteiger partial charge in [-0.05, 0) is 42.5 Å². The largest absolute Gasteiger partial charge is 0.497 e. The molecule has 0 radical (unpaired) electrons. The summed E-state index contributed by atoms with van der Waals surface area (Å²) < 4.78 is 32.7. The molecule has 0 unspecified atom stereocenters. The number of carbonyl (C=O) groups is 1. The Hall–Kier alpha value is -3.17. The highest BCUT2D eigenvalue weighted by atomic mass is 32.2. The van der Waals surface area contributed by atoms with Crippen molar-refractivity contribution in [3.63, 3.8) is 0 Å². The molecule has 2 aromatic carbocycles. The number of fused-ring (bicyclic) bond motifs is 1. The van der Waals surface area contributed by atoms with Gasteiger partial charge < -0.3 is 14.5 Å². The van der Waals surface area contributed by atoms with E-state index in [1.54, 1.807) is 18.2 Å². The number of nitrogens with two attached hydrogens (primary N) is 1. The van der Waals surface area contributed by atoms with Crippen molar-refractivity contribution in [1.29, 1.82) is 0 Å². The highest BCUT2D eigenvalue weighted by Crippen LogP contribution is 2.20. The number of primary sulfonamides is 1. The monoisotopic (exact) mass is 374 g/mol. The maximum Gasteiger partial charge on any atom is 0.349 e. The fourth-order valence-electron chi connectivity index (χ4n) is 2.30. The van der Waals surface area contributed by atoms with Gasteiger partial charge in [-0.1, -0.05) is 0 Å². The van der Waals surface area contributed by atoms with Crippen LogP contribution in [-0.4, -0.2) is 21.4 Å². The summed E-state index contributed by atoms with van der Waals surface area (Å²) in [5.41, 5.74) is -0.386. The van der Waals surface area contributed by atoms with E-state index in [0.29, 0.717) is 22.4 Å². The van der Waals surface area contributed by atoms with Crippen molar-refractivity contribution in [3.05, 3.63) is 64.5 Å². The zero-order valence-corrected chi connectivity index (χ0v) is 14.4. The maximum atomic E-state index is 12.3. The molecule has 3 rings (SSSR count). The second-order valence-electron chi connectivity index (χ2n) is 5.37. The molecule has 3 N–H and O–H groups in total. The van der Waals surface area contributed by atoms with Crippen molar-refractivity contribution in [2.24, 2.45) is 5.14 Å². The first-order valence-electron chi connectivity index (χ1n) is 7.34. The SMILES string of the molecule is COc1ccc2cc(C(=O)Nc3ccc(S(N)(=O)=O)cc3)c(=O)oc2c1. The van der Waals surface area contributed by atoms with E-state index in [-0.39, 0.29) is 10.5 Å². The van der Waals surface area contributed by atoms with E-state index < -0.39 is 21.6 Å². The summed E-state index contributed by atoms with van der Waals surface area (Å²) in [6.07, 6.45) is 0. The van der Waals surface area contributed by atoms with Crippen LogP contribution in [0.1, 0.15) is 10.4 Å². The second kappa shape index (κ2) is 6.62. The van der Waals surface area contributed by atoms with Crippen LogP contribution < -0.4 is 20.8 Å². The van der Waals surface area contributed by atoms with Gasteiger partial charge in [0.15, 0.2) is 0 Å². The Kier molecular flexibility index (Phi) is 4.49. The first kappa shape index (κ1) is 17.6. The van der Waals surface area contributed by atoms with E-state index in [1.165, 1.54) is 37.4 Å². The fourth-order valence-corrected chi connectivity index (χ4v) is 2.82. The fraction of sp³-hybridized carbons (Fsp3) is 0.0588. The summed E-state index contributed by atoms with van der Waals surface area (Å²) in [5, 5.41) is 8.08. The number of nitrogens with one attached hydrogen (secondary N) is 1. The molecule has 1 amide bonds. The van der Waals surface area contributed by atoms with Crippen LogP contribution in [0.2, 0.25) is 0 Å². The summed E-state index contributed by atoms with van der Waals surface area (Å²) in [6, 6.07) is 11.5. The molecule has 0 aliphatic carbocycles. The van der Waals surface area contributed by atoms with Gasteiger partial charge in [0.25, 0.3) is 5.91 Å². The van der Waals surface area contributed by atoms with E-state index >= 15 is 0 Å². The lowest BCUT2D eigenvalue weighted by atomic mass is 10.1. The first-order valence-corrected chi connectivity index (χ1v) is 8.89. The molecule has 1 aromatic heterocycles. The van der Waals surface area contributed by atoms with Gasteiger partial charge >= 0.3 is 5.63 Å². The van der Waals surface area contributed by atoms with Crippen LogP contribution in [0.15, 0.2) is 62.6 Å². The summed E-state index contributed by atoms with van der Waals surface area (Å²) >= 11 is 0. The number of hydrogen-bond donors (Lipinski definition) is 2. The third-order valence-electron chi connectivity index (χ3n) is 3.63. The van der Waals surface area contributed by atoms with Crippen molar-refractivity contribution in [3.8, 4) is 5.75 Å². The minimum Gasteiger partial charge on any atom is -0.497 e. The Bertz CT molecular complexity index is 1150. The zero-order valence-electron chi connectivity index (χ0n) is 13.6. The molecule has 0 spiro atoms. The van der Waals surface area contributed by atoms with E-state index in [4.69, 9.17) is 14.3 Å². The molecule has 9 heteroatoms. The Morgan fingerprint density at radius 2 is 1.81 bits per heavy atom. The van der Waals surface area contributed by atoms with Crippen LogP contribution in [0, 0.1) is 0 Å². The van der Waals surface area contributed by atoms with Crippen LogP contribution in [0.5, 0.6) is 5.75 Å². The number of methoxy groups -OCH3 is 1. The summed E-state index contributed by atoms with van der Waals surface area (Å²) in [5.74, 6) is -0.160. The molecule has 0 atom stereocenters. The second-order valence-corrected chi connectivity index (χ2v) is 6.94. The topological polar surface area (TPSA) is 129 Å². The van der Waals surface area contributed by atoms with Crippen molar-refractivity contribution in [2.45, 2.75) is 4.90 Å². The molecule has 8 nitrogen and oxygen atoms in total. The molecule has 0 saturated heterocycles. The molecule has 0 saturated carbocycles. The molecular formula is C17H14N2O6S. The molecule has 0 aliphatic heterocycles. The van der Waals surface area contributed by atoms with Crippen molar-refractivity contribution in [2.75, 3.05) is 12.4 Å². The highest BCUT2D eigenvalue weighted by Gasteiger charge is 2.15.